The molecule has 0 unspecified atom stereocenters. The van der Waals surface area contributed by atoms with Crippen LogP contribution in [0.2, 0.25) is 0 Å². The van der Waals surface area contributed by atoms with Gasteiger partial charge in [-0.3, -0.25) is 14.7 Å². The van der Waals surface area contributed by atoms with E-state index in [4.69, 9.17) is 4.42 Å². The summed E-state index contributed by atoms with van der Waals surface area (Å²) in [5, 5.41) is 3.39. The number of para-hydroxylation sites is 2. The van der Waals surface area contributed by atoms with Gasteiger partial charge in [0.05, 0.1) is 5.39 Å². The van der Waals surface area contributed by atoms with Crippen molar-refractivity contribution in [2.45, 2.75) is 19.8 Å². The molecule has 25 heavy (non-hydrogen) atoms. The third-order valence-electron chi connectivity index (χ3n) is 4.68. The molecule has 3 aromatic heterocycles. The maximum atomic E-state index is 13.0. The summed E-state index contributed by atoms with van der Waals surface area (Å²) in [6, 6.07) is 7.47. The van der Waals surface area contributed by atoms with E-state index >= 15 is 0 Å². The summed E-state index contributed by atoms with van der Waals surface area (Å²) in [6.45, 7) is 2.01. The van der Waals surface area contributed by atoms with Crippen LogP contribution < -0.4 is 5.56 Å². The first-order valence-corrected chi connectivity index (χ1v) is 8.13. The standard InChI is InChI=1S/C18H14N4O3/c1-9-6-10-11(13(23)7-9)8-19-16-15(10)17(24)22(21-16)18-20-12-4-2-3-5-14(12)25-18/h2-5,8-9H,6-7H2,1H3,(H,19,21)/t9-/m1/s1. The number of aromatic amines is 1. The third kappa shape index (κ3) is 1.98. The van der Waals surface area contributed by atoms with Crippen LogP contribution in [0.3, 0.4) is 0 Å². The van der Waals surface area contributed by atoms with Gasteiger partial charge in [0.15, 0.2) is 17.0 Å². The minimum absolute atomic E-state index is 0.0390. The number of H-pyrrole nitrogens is 1. The first-order chi connectivity index (χ1) is 12.1. The van der Waals surface area contributed by atoms with Crippen LogP contribution >= 0.6 is 0 Å². The Morgan fingerprint density at radius 2 is 2.08 bits per heavy atom. The number of oxazole rings is 1. The van der Waals surface area contributed by atoms with E-state index in [1.807, 2.05) is 25.1 Å². The third-order valence-corrected chi connectivity index (χ3v) is 4.68. The largest absolute Gasteiger partial charge is 0.422 e. The molecule has 0 bridgehead atoms. The molecule has 0 fully saturated rings. The lowest BCUT2D eigenvalue weighted by Gasteiger charge is -2.19. The lowest BCUT2D eigenvalue weighted by atomic mass is 9.84. The van der Waals surface area contributed by atoms with Gasteiger partial charge in [0, 0.05) is 18.2 Å². The van der Waals surface area contributed by atoms with Crippen LogP contribution in [0.1, 0.15) is 29.3 Å². The number of rotatable bonds is 1. The van der Waals surface area contributed by atoms with Crippen molar-refractivity contribution >= 4 is 27.9 Å². The molecule has 0 spiro atoms. The zero-order valence-corrected chi connectivity index (χ0v) is 13.4. The van der Waals surface area contributed by atoms with Gasteiger partial charge in [-0.1, -0.05) is 19.1 Å². The van der Waals surface area contributed by atoms with E-state index in [0.717, 1.165) is 5.56 Å². The van der Waals surface area contributed by atoms with Crippen molar-refractivity contribution in [3.8, 4) is 6.01 Å². The van der Waals surface area contributed by atoms with E-state index < -0.39 is 0 Å². The van der Waals surface area contributed by atoms with Gasteiger partial charge < -0.3 is 4.42 Å². The Kier molecular flexibility index (Phi) is 2.77. The van der Waals surface area contributed by atoms with Gasteiger partial charge in [-0.05, 0) is 30.0 Å². The number of nitrogens with one attached hydrogen (secondary N) is 1. The topological polar surface area (TPSA) is 93.8 Å². The van der Waals surface area contributed by atoms with Crippen LogP contribution in [0.25, 0.3) is 28.1 Å². The first-order valence-electron chi connectivity index (χ1n) is 8.13. The average molecular weight is 334 g/mol. The Hall–Kier alpha value is -3.22. The van der Waals surface area contributed by atoms with Gasteiger partial charge in [-0.25, -0.2) is 4.98 Å². The maximum Gasteiger partial charge on any atom is 0.325 e. The molecule has 124 valence electrons. The highest BCUT2D eigenvalue weighted by atomic mass is 16.4. The number of nitrogens with zero attached hydrogens (tertiary/aromatic N) is 3. The number of hydrogen-bond donors (Lipinski definition) is 1. The van der Waals surface area contributed by atoms with Crippen molar-refractivity contribution in [2.24, 2.45) is 5.92 Å². The zero-order valence-electron chi connectivity index (χ0n) is 13.4. The van der Waals surface area contributed by atoms with Crippen molar-refractivity contribution in [2.75, 3.05) is 0 Å². The van der Waals surface area contributed by atoms with Gasteiger partial charge in [0.25, 0.3) is 5.56 Å². The number of aromatic nitrogens is 4. The molecule has 1 atom stereocenters. The molecule has 7 heteroatoms. The second-order valence-electron chi connectivity index (χ2n) is 6.53. The van der Waals surface area contributed by atoms with Crippen molar-refractivity contribution in [3.05, 3.63) is 51.9 Å². The number of hydrogen-bond acceptors (Lipinski definition) is 5. The lowest BCUT2D eigenvalue weighted by molar-refractivity contribution is 0.0953. The number of benzene rings is 1. The Morgan fingerprint density at radius 3 is 2.92 bits per heavy atom. The fourth-order valence-corrected chi connectivity index (χ4v) is 3.52. The summed E-state index contributed by atoms with van der Waals surface area (Å²) in [6.07, 6.45) is 2.73. The molecule has 0 saturated carbocycles. The van der Waals surface area contributed by atoms with Gasteiger partial charge in [0.1, 0.15) is 5.52 Å². The average Bonchev–Trinajstić information content (AvgIpc) is 3.15. The fraction of sp³-hybridized carbons (Fsp3) is 0.222. The van der Waals surface area contributed by atoms with Crippen LogP contribution in [0.5, 0.6) is 0 Å². The Morgan fingerprint density at radius 1 is 1.24 bits per heavy atom. The molecule has 1 aliphatic rings. The SMILES string of the molecule is C[C@H]1CC(=O)c2cnc3[nH]n(-c4nc5ccccc5o4)c(=O)c3c2C1. The zero-order chi connectivity index (χ0) is 17.1. The van der Waals surface area contributed by atoms with Crippen LogP contribution in [-0.2, 0) is 6.42 Å². The highest BCUT2D eigenvalue weighted by molar-refractivity contribution is 6.02. The maximum absolute atomic E-state index is 13.0. The van der Waals surface area contributed by atoms with Gasteiger partial charge in [0.2, 0.25) is 0 Å². The number of pyridine rings is 1. The second-order valence-corrected chi connectivity index (χ2v) is 6.53. The van der Waals surface area contributed by atoms with E-state index in [2.05, 4.69) is 15.1 Å². The second kappa shape index (κ2) is 4.89. The van der Waals surface area contributed by atoms with E-state index in [1.165, 1.54) is 4.68 Å². The van der Waals surface area contributed by atoms with Crippen molar-refractivity contribution in [1.82, 2.24) is 19.7 Å². The van der Waals surface area contributed by atoms with Crippen molar-refractivity contribution < 1.29 is 9.21 Å². The Balaban J connectivity index is 1.78. The highest BCUT2D eigenvalue weighted by Gasteiger charge is 2.27. The summed E-state index contributed by atoms with van der Waals surface area (Å²) in [7, 11) is 0. The van der Waals surface area contributed by atoms with Crippen LogP contribution in [0, 0.1) is 5.92 Å². The quantitative estimate of drug-likeness (QED) is 0.577. The molecule has 0 amide bonds. The highest BCUT2D eigenvalue weighted by Crippen LogP contribution is 2.29. The van der Waals surface area contributed by atoms with Gasteiger partial charge in [-0.2, -0.15) is 9.67 Å². The molecule has 0 radical (unpaired) electrons. The van der Waals surface area contributed by atoms with E-state index in [0.29, 0.717) is 40.5 Å². The first kappa shape index (κ1) is 14.2. The molecule has 1 aromatic carbocycles. The van der Waals surface area contributed by atoms with Crippen LogP contribution in [0.4, 0.5) is 0 Å². The van der Waals surface area contributed by atoms with Crippen LogP contribution in [-0.4, -0.2) is 25.5 Å². The lowest BCUT2D eigenvalue weighted by Crippen LogP contribution is -2.21. The smallest absolute Gasteiger partial charge is 0.325 e. The minimum atomic E-state index is -0.298. The molecular formula is C18H14N4O3. The molecule has 4 aromatic rings. The molecule has 7 nitrogen and oxygen atoms in total. The van der Waals surface area contributed by atoms with E-state index in [1.54, 1.807) is 12.3 Å². The van der Waals surface area contributed by atoms with E-state index in [9.17, 15) is 9.59 Å². The minimum Gasteiger partial charge on any atom is -0.422 e. The fourth-order valence-electron chi connectivity index (χ4n) is 3.52. The predicted molar refractivity (Wildman–Crippen MR) is 91.1 cm³/mol. The molecule has 0 saturated heterocycles. The molecule has 1 aliphatic carbocycles. The molecular weight excluding hydrogens is 320 g/mol. The predicted octanol–water partition coefficient (Wildman–Crippen LogP) is 2.62. The summed E-state index contributed by atoms with van der Waals surface area (Å²) in [5.41, 5.74) is 2.72. The van der Waals surface area contributed by atoms with E-state index in [-0.39, 0.29) is 23.3 Å². The van der Waals surface area contributed by atoms with Crippen LogP contribution in [0.15, 0.2) is 39.7 Å². The molecule has 3 heterocycles. The van der Waals surface area contributed by atoms with Gasteiger partial charge in [-0.15, -0.1) is 0 Å². The summed E-state index contributed by atoms with van der Waals surface area (Å²) >= 11 is 0. The molecule has 1 N–H and O–H groups in total. The summed E-state index contributed by atoms with van der Waals surface area (Å²) < 4.78 is 6.93. The molecule has 0 aliphatic heterocycles. The summed E-state index contributed by atoms with van der Waals surface area (Å²) in [5.74, 6) is 0.245. The Bertz CT molecular complexity index is 1180. The van der Waals surface area contributed by atoms with Crippen molar-refractivity contribution in [3.63, 3.8) is 0 Å². The number of carbonyl (C=O) groups is 1. The monoisotopic (exact) mass is 334 g/mol. The number of fused-ring (bicyclic) bond motifs is 4. The number of ketones is 1. The Labute approximate surface area is 141 Å². The van der Waals surface area contributed by atoms with Crippen molar-refractivity contribution in [1.29, 1.82) is 0 Å². The summed E-state index contributed by atoms with van der Waals surface area (Å²) in [4.78, 5) is 33.8. The molecule has 5 rings (SSSR count). The number of Topliss-reactive ketones (excluding diaryl/α,β-unsaturated/α-hetero) is 1. The number of carbonyl (C=O) groups excluding carboxylic acids is 1. The van der Waals surface area contributed by atoms with Gasteiger partial charge >= 0.3 is 6.01 Å². The normalized spacial score (nSPS) is 17.3.